The zero-order valence-corrected chi connectivity index (χ0v) is 11.4. The predicted octanol–water partition coefficient (Wildman–Crippen LogP) is 3.13. The highest BCUT2D eigenvalue weighted by Crippen LogP contribution is 2.33. The molecule has 0 amide bonds. The van der Waals surface area contributed by atoms with Crippen molar-refractivity contribution in [1.82, 2.24) is 5.32 Å². The van der Waals surface area contributed by atoms with Crippen LogP contribution in [0.5, 0.6) is 0 Å². The van der Waals surface area contributed by atoms with Gasteiger partial charge in [-0.1, -0.05) is 36.4 Å². The van der Waals surface area contributed by atoms with Crippen LogP contribution in [0.3, 0.4) is 0 Å². The molecule has 104 valence electrons. The summed E-state index contributed by atoms with van der Waals surface area (Å²) >= 11 is 0. The predicted molar refractivity (Wildman–Crippen MR) is 76.8 cm³/mol. The summed E-state index contributed by atoms with van der Waals surface area (Å²) < 4.78 is 13.3. The minimum absolute atomic E-state index is 0.0171. The number of rotatable bonds is 3. The number of hydrogen-bond donors (Lipinski definition) is 2. The second-order valence-electron chi connectivity index (χ2n) is 5.39. The molecule has 20 heavy (non-hydrogen) atoms. The molecule has 0 aliphatic heterocycles. The van der Waals surface area contributed by atoms with Gasteiger partial charge in [0.05, 0.1) is 12.1 Å². The number of nitrogens with one attached hydrogen (secondary N) is 1. The van der Waals surface area contributed by atoms with Crippen LogP contribution in [0.4, 0.5) is 4.39 Å². The fourth-order valence-electron chi connectivity index (χ4n) is 2.92. The highest BCUT2D eigenvalue weighted by atomic mass is 19.1. The first-order valence-electron chi connectivity index (χ1n) is 6.92. The first kappa shape index (κ1) is 13.3. The standard InChI is InChI=1S/C17H18FNO/c1-11(12-6-4-7-14(18)9-12)19-17-15-8-3-2-5-13(15)10-16(17)20/h2-9,11,16-17,19-20H,10H2,1H3. The van der Waals surface area contributed by atoms with Gasteiger partial charge in [0.25, 0.3) is 0 Å². The summed E-state index contributed by atoms with van der Waals surface area (Å²) in [6.07, 6.45) is 0.243. The Morgan fingerprint density at radius 2 is 2.00 bits per heavy atom. The van der Waals surface area contributed by atoms with Crippen LogP contribution in [0.2, 0.25) is 0 Å². The Morgan fingerprint density at radius 3 is 2.80 bits per heavy atom. The number of halogens is 1. The third-order valence-corrected chi connectivity index (χ3v) is 3.98. The molecule has 0 spiro atoms. The van der Waals surface area contributed by atoms with Crippen molar-refractivity contribution in [2.45, 2.75) is 31.5 Å². The molecule has 0 bridgehead atoms. The van der Waals surface area contributed by atoms with E-state index < -0.39 is 6.10 Å². The molecule has 0 saturated heterocycles. The lowest BCUT2D eigenvalue weighted by Gasteiger charge is -2.23. The smallest absolute Gasteiger partial charge is 0.123 e. The minimum Gasteiger partial charge on any atom is -0.391 e. The van der Waals surface area contributed by atoms with E-state index in [4.69, 9.17) is 0 Å². The van der Waals surface area contributed by atoms with E-state index in [1.165, 1.54) is 17.7 Å². The molecule has 3 atom stereocenters. The Hall–Kier alpha value is -1.71. The van der Waals surface area contributed by atoms with Crippen LogP contribution >= 0.6 is 0 Å². The van der Waals surface area contributed by atoms with Gasteiger partial charge in [-0.15, -0.1) is 0 Å². The van der Waals surface area contributed by atoms with E-state index in [1.807, 2.05) is 37.3 Å². The Balaban J connectivity index is 1.81. The Kier molecular flexibility index (Phi) is 3.55. The molecule has 0 saturated carbocycles. The first-order chi connectivity index (χ1) is 9.65. The molecule has 1 aliphatic rings. The fourth-order valence-corrected chi connectivity index (χ4v) is 2.92. The van der Waals surface area contributed by atoms with Crippen molar-refractivity contribution in [3.63, 3.8) is 0 Å². The largest absolute Gasteiger partial charge is 0.391 e. The van der Waals surface area contributed by atoms with Crippen LogP contribution in [-0.4, -0.2) is 11.2 Å². The number of aliphatic hydroxyl groups is 1. The Bertz CT molecular complexity index is 613. The molecule has 2 aromatic carbocycles. The topological polar surface area (TPSA) is 32.3 Å². The lowest BCUT2D eigenvalue weighted by Crippen LogP contribution is -2.31. The zero-order chi connectivity index (χ0) is 14.1. The van der Waals surface area contributed by atoms with Gasteiger partial charge in [-0.05, 0) is 35.7 Å². The average Bonchev–Trinajstić information content (AvgIpc) is 2.75. The molecule has 3 rings (SSSR count). The lowest BCUT2D eigenvalue weighted by atomic mass is 10.0. The molecule has 3 unspecified atom stereocenters. The fraction of sp³-hybridized carbons (Fsp3) is 0.294. The van der Waals surface area contributed by atoms with Crippen LogP contribution in [0.15, 0.2) is 48.5 Å². The summed E-state index contributed by atoms with van der Waals surface area (Å²) in [5.74, 6) is -0.233. The van der Waals surface area contributed by atoms with Gasteiger partial charge in [0, 0.05) is 12.5 Å². The normalized spacial score (nSPS) is 22.6. The van der Waals surface area contributed by atoms with Gasteiger partial charge < -0.3 is 10.4 Å². The number of fused-ring (bicyclic) bond motifs is 1. The molecule has 2 N–H and O–H groups in total. The van der Waals surface area contributed by atoms with Gasteiger partial charge in [0.1, 0.15) is 5.82 Å². The molecule has 0 aromatic heterocycles. The highest BCUT2D eigenvalue weighted by molar-refractivity contribution is 5.36. The first-order valence-corrected chi connectivity index (χ1v) is 6.92. The van der Waals surface area contributed by atoms with E-state index in [-0.39, 0.29) is 17.9 Å². The zero-order valence-electron chi connectivity index (χ0n) is 11.4. The van der Waals surface area contributed by atoms with Gasteiger partial charge in [-0.2, -0.15) is 0 Å². The van der Waals surface area contributed by atoms with Crippen molar-refractivity contribution in [3.8, 4) is 0 Å². The summed E-state index contributed by atoms with van der Waals surface area (Å²) in [5.41, 5.74) is 3.22. The second-order valence-corrected chi connectivity index (χ2v) is 5.39. The Labute approximate surface area is 118 Å². The molecule has 3 heteroatoms. The van der Waals surface area contributed by atoms with E-state index >= 15 is 0 Å². The molecule has 0 heterocycles. The summed E-state index contributed by atoms with van der Waals surface area (Å²) in [5, 5.41) is 13.6. The van der Waals surface area contributed by atoms with Gasteiger partial charge in [0.2, 0.25) is 0 Å². The number of aliphatic hydroxyl groups excluding tert-OH is 1. The van der Waals surface area contributed by atoms with Gasteiger partial charge in [-0.3, -0.25) is 0 Å². The monoisotopic (exact) mass is 271 g/mol. The van der Waals surface area contributed by atoms with Crippen LogP contribution in [0, 0.1) is 5.82 Å². The van der Waals surface area contributed by atoms with Crippen molar-refractivity contribution in [2.24, 2.45) is 0 Å². The van der Waals surface area contributed by atoms with Crippen LogP contribution in [-0.2, 0) is 6.42 Å². The molecule has 0 fully saturated rings. The van der Waals surface area contributed by atoms with E-state index in [0.29, 0.717) is 6.42 Å². The van der Waals surface area contributed by atoms with Crippen LogP contribution in [0.1, 0.15) is 35.7 Å². The summed E-state index contributed by atoms with van der Waals surface area (Å²) in [6.45, 7) is 1.99. The van der Waals surface area contributed by atoms with Crippen LogP contribution < -0.4 is 5.32 Å². The highest BCUT2D eigenvalue weighted by Gasteiger charge is 2.31. The van der Waals surface area contributed by atoms with E-state index in [1.54, 1.807) is 6.07 Å². The van der Waals surface area contributed by atoms with E-state index in [0.717, 1.165) is 11.1 Å². The Morgan fingerprint density at radius 1 is 1.20 bits per heavy atom. The van der Waals surface area contributed by atoms with Gasteiger partial charge in [0.15, 0.2) is 0 Å². The summed E-state index contributed by atoms with van der Waals surface area (Å²) in [4.78, 5) is 0. The van der Waals surface area contributed by atoms with E-state index in [9.17, 15) is 9.50 Å². The molecular weight excluding hydrogens is 253 g/mol. The number of hydrogen-bond acceptors (Lipinski definition) is 2. The van der Waals surface area contributed by atoms with Crippen molar-refractivity contribution in [2.75, 3.05) is 0 Å². The van der Waals surface area contributed by atoms with Crippen LogP contribution in [0.25, 0.3) is 0 Å². The van der Waals surface area contributed by atoms with Gasteiger partial charge in [-0.25, -0.2) is 4.39 Å². The van der Waals surface area contributed by atoms with Crippen molar-refractivity contribution < 1.29 is 9.50 Å². The summed E-state index contributed by atoms with van der Waals surface area (Å²) in [7, 11) is 0. The SMILES string of the molecule is CC(NC1c2ccccc2CC1O)c1cccc(F)c1. The molecule has 2 nitrogen and oxygen atoms in total. The van der Waals surface area contributed by atoms with Crippen molar-refractivity contribution in [3.05, 3.63) is 71.0 Å². The maximum Gasteiger partial charge on any atom is 0.123 e. The van der Waals surface area contributed by atoms with Gasteiger partial charge >= 0.3 is 0 Å². The molecule has 0 radical (unpaired) electrons. The number of benzene rings is 2. The van der Waals surface area contributed by atoms with Crippen molar-refractivity contribution >= 4 is 0 Å². The quantitative estimate of drug-likeness (QED) is 0.899. The molecule has 1 aliphatic carbocycles. The minimum atomic E-state index is -0.427. The lowest BCUT2D eigenvalue weighted by molar-refractivity contribution is 0.136. The maximum absolute atomic E-state index is 13.3. The molecule has 2 aromatic rings. The average molecular weight is 271 g/mol. The van der Waals surface area contributed by atoms with Crippen molar-refractivity contribution in [1.29, 1.82) is 0 Å². The third-order valence-electron chi connectivity index (χ3n) is 3.98. The molecular formula is C17H18FNO. The third kappa shape index (κ3) is 2.47. The summed E-state index contributed by atoms with van der Waals surface area (Å²) in [6, 6.07) is 14.5. The maximum atomic E-state index is 13.3. The second kappa shape index (κ2) is 5.35. The van der Waals surface area contributed by atoms with E-state index in [2.05, 4.69) is 5.32 Å².